The first-order valence-corrected chi connectivity index (χ1v) is 6.69. The van der Waals surface area contributed by atoms with Gasteiger partial charge in [-0.05, 0) is 6.42 Å². The molecule has 0 aliphatic heterocycles. The summed E-state index contributed by atoms with van der Waals surface area (Å²) in [5, 5.41) is 0. The Balaban J connectivity index is 2.31. The molecular formula is C10H19N3OS. The Morgan fingerprint density at radius 3 is 2.93 bits per heavy atom. The Bertz CT molecular complexity index is 324. The maximum atomic E-state index is 11.6. The molecule has 0 amide bonds. The van der Waals surface area contributed by atoms with Crippen LogP contribution in [0.2, 0.25) is 0 Å². The zero-order valence-electron chi connectivity index (χ0n) is 9.35. The molecule has 0 saturated heterocycles. The molecule has 0 aliphatic carbocycles. The fourth-order valence-electron chi connectivity index (χ4n) is 1.28. The van der Waals surface area contributed by atoms with Crippen molar-refractivity contribution < 1.29 is 4.21 Å². The van der Waals surface area contributed by atoms with Gasteiger partial charge in [-0.2, -0.15) is 0 Å². The molecule has 0 aliphatic rings. The van der Waals surface area contributed by atoms with E-state index in [1.165, 1.54) is 0 Å². The monoisotopic (exact) mass is 229 g/mol. The van der Waals surface area contributed by atoms with E-state index in [1.807, 2.05) is 24.7 Å². The van der Waals surface area contributed by atoms with Gasteiger partial charge in [0.15, 0.2) is 0 Å². The van der Waals surface area contributed by atoms with E-state index in [0.717, 1.165) is 18.7 Å². The molecule has 2 atom stereocenters. The van der Waals surface area contributed by atoms with Gasteiger partial charge in [0.05, 0.1) is 0 Å². The summed E-state index contributed by atoms with van der Waals surface area (Å²) in [6, 6.07) is 0.0622. The Hall–Kier alpha value is -0.680. The number of nitrogens with zero attached hydrogens (tertiary/aromatic N) is 2. The topological polar surface area (TPSA) is 60.9 Å². The molecular weight excluding hydrogens is 210 g/mol. The van der Waals surface area contributed by atoms with Crippen molar-refractivity contribution in [2.75, 3.05) is 11.5 Å². The van der Waals surface area contributed by atoms with Gasteiger partial charge in [0.25, 0.3) is 0 Å². The Labute approximate surface area is 93.3 Å². The molecule has 2 N–H and O–H groups in total. The summed E-state index contributed by atoms with van der Waals surface area (Å²) in [7, 11) is 1.13. The SMILES string of the molecule is CCC(N)CS(=O)CCc1nccn1C. The van der Waals surface area contributed by atoms with Crippen LogP contribution in [0.15, 0.2) is 12.4 Å². The molecule has 0 spiro atoms. The number of imidazole rings is 1. The number of aryl methyl sites for hydroxylation is 2. The first-order chi connectivity index (χ1) is 7.13. The van der Waals surface area contributed by atoms with Crippen molar-refractivity contribution in [3.63, 3.8) is 0 Å². The van der Waals surface area contributed by atoms with E-state index in [2.05, 4.69) is 4.98 Å². The van der Waals surface area contributed by atoms with E-state index in [1.54, 1.807) is 6.20 Å². The Kier molecular flexibility index (Phi) is 4.98. The molecule has 4 nitrogen and oxygen atoms in total. The normalized spacial score (nSPS) is 15.1. The first kappa shape index (κ1) is 12.4. The summed E-state index contributed by atoms with van der Waals surface area (Å²) in [5.74, 6) is 2.23. The van der Waals surface area contributed by atoms with Crippen molar-refractivity contribution in [3.05, 3.63) is 18.2 Å². The maximum absolute atomic E-state index is 11.6. The molecule has 1 heterocycles. The van der Waals surface area contributed by atoms with Gasteiger partial charge in [0.2, 0.25) is 0 Å². The maximum Gasteiger partial charge on any atom is 0.109 e. The van der Waals surface area contributed by atoms with Crippen molar-refractivity contribution in [3.8, 4) is 0 Å². The van der Waals surface area contributed by atoms with Gasteiger partial charge >= 0.3 is 0 Å². The molecule has 5 heteroatoms. The second-order valence-electron chi connectivity index (χ2n) is 3.68. The highest BCUT2D eigenvalue weighted by atomic mass is 32.2. The summed E-state index contributed by atoms with van der Waals surface area (Å²) in [4.78, 5) is 4.18. The predicted octanol–water partition coefficient (Wildman–Crippen LogP) is 0.449. The van der Waals surface area contributed by atoms with Gasteiger partial charge < -0.3 is 10.3 Å². The van der Waals surface area contributed by atoms with Crippen molar-refractivity contribution in [1.29, 1.82) is 0 Å². The summed E-state index contributed by atoms with van der Waals surface area (Å²) in [6.45, 7) is 2.01. The highest BCUT2D eigenvalue weighted by molar-refractivity contribution is 7.85. The van der Waals surface area contributed by atoms with E-state index in [4.69, 9.17) is 5.73 Å². The third kappa shape index (κ3) is 4.13. The van der Waals surface area contributed by atoms with Crippen molar-refractivity contribution in [2.45, 2.75) is 25.8 Å². The lowest BCUT2D eigenvalue weighted by molar-refractivity contribution is 0.661. The first-order valence-electron chi connectivity index (χ1n) is 5.20. The van der Waals surface area contributed by atoms with Gasteiger partial charge in [-0.3, -0.25) is 4.21 Å². The van der Waals surface area contributed by atoms with E-state index < -0.39 is 10.8 Å². The molecule has 0 radical (unpaired) electrons. The standard InChI is InChI=1S/C10H19N3OS/c1-3-9(11)8-15(14)7-4-10-12-5-6-13(10)2/h5-6,9H,3-4,7-8,11H2,1-2H3. The summed E-state index contributed by atoms with van der Waals surface area (Å²) < 4.78 is 13.6. The Morgan fingerprint density at radius 2 is 2.40 bits per heavy atom. The minimum Gasteiger partial charge on any atom is -0.338 e. The van der Waals surface area contributed by atoms with Crippen molar-refractivity contribution in [2.24, 2.45) is 12.8 Å². The van der Waals surface area contributed by atoms with Crippen LogP contribution in [0.5, 0.6) is 0 Å². The number of nitrogens with two attached hydrogens (primary N) is 1. The molecule has 1 aromatic rings. The van der Waals surface area contributed by atoms with Crippen LogP contribution < -0.4 is 5.73 Å². The average molecular weight is 229 g/mol. The smallest absolute Gasteiger partial charge is 0.109 e. The van der Waals surface area contributed by atoms with Crippen molar-refractivity contribution >= 4 is 10.8 Å². The number of hydrogen-bond donors (Lipinski definition) is 1. The molecule has 0 bridgehead atoms. The van der Waals surface area contributed by atoms with Crippen LogP contribution in [-0.2, 0) is 24.3 Å². The van der Waals surface area contributed by atoms with Gasteiger partial charge in [-0.1, -0.05) is 6.92 Å². The van der Waals surface area contributed by atoms with Crippen LogP contribution in [0.3, 0.4) is 0 Å². The zero-order chi connectivity index (χ0) is 11.3. The second-order valence-corrected chi connectivity index (χ2v) is 5.30. The van der Waals surface area contributed by atoms with Gasteiger partial charge in [-0.15, -0.1) is 0 Å². The van der Waals surface area contributed by atoms with E-state index in [0.29, 0.717) is 11.5 Å². The minimum absolute atomic E-state index is 0.0622. The molecule has 86 valence electrons. The summed E-state index contributed by atoms with van der Waals surface area (Å²) >= 11 is 0. The minimum atomic E-state index is -0.821. The largest absolute Gasteiger partial charge is 0.338 e. The zero-order valence-corrected chi connectivity index (χ0v) is 10.2. The van der Waals surface area contributed by atoms with Crippen LogP contribution in [0.1, 0.15) is 19.2 Å². The quantitative estimate of drug-likeness (QED) is 0.770. The van der Waals surface area contributed by atoms with Gasteiger partial charge in [0, 0.05) is 54.2 Å². The Morgan fingerprint density at radius 1 is 1.67 bits per heavy atom. The summed E-state index contributed by atoms with van der Waals surface area (Å²) in [6.07, 6.45) is 5.30. The van der Waals surface area contributed by atoms with E-state index in [-0.39, 0.29) is 6.04 Å². The van der Waals surface area contributed by atoms with E-state index in [9.17, 15) is 4.21 Å². The molecule has 0 aromatic carbocycles. The lowest BCUT2D eigenvalue weighted by Crippen LogP contribution is -2.27. The lowest BCUT2D eigenvalue weighted by Gasteiger charge is -2.08. The second kappa shape index (κ2) is 6.02. The highest BCUT2D eigenvalue weighted by Gasteiger charge is 2.07. The van der Waals surface area contributed by atoms with Gasteiger partial charge in [0.1, 0.15) is 5.82 Å². The molecule has 2 unspecified atom stereocenters. The highest BCUT2D eigenvalue weighted by Crippen LogP contribution is 1.99. The fraction of sp³-hybridized carbons (Fsp3) is 0.700. The number of aromatic nitrogens is 2. The summed E-state index contributed by atoms with van der Waals surface area (Å²) in [5.41, 5.74) is 5.74. The average Bonchev–Trinajstić information content (AvgIpc) is 2.61. The lowest BCUT2D eigenvalue weighted by atomic mass is 10.3. The number of rotatable bonds is 6. The predicted molar refractivity (Wildman–Crippen MR) is 63.1 cm³/mol. The number of hydrogen-bond acceptors (Lipinski definition) is 3. The van der Waals surface area contributed by atoms with Crippen LogP contribution in [0.25, 0.3) is 0 Å². The molecule has 1 aromatic heterocycles. The van der Waals surface area contributed by atoms with Crippen LogP contribution >= 0.6 is 0 Å². The van der Waals surface area contributed by atoms with E-state index >= 15 is 0 Å². The third-order valence-electron chi connectivity index (χ3n) is 2.40. The molecule has 0 saturated carbocycles. The van der Waals surface area contributed by atoms with Crippen LogP contribution in [0.4, 0.5) is 0 Å². The fourth-order valence-corrected chi connectivity index (χ4v) is 2.57. The van der Waals surface area contributed by atoms with Crippen LogP contribution in [0, 0.1) is 0 Å². The van der Waals surface area contributed by atoms with Crippen LogP contribution in [-0.4, -0.2) is 31.3 Å². The van der Waals surface area contributed by atoms with Gasteiger partial charge in [-0.25, -0.2) is 4.98 Å². The molecule has 15 heavy (non-hydrogen) atoms. The van der Waals surface area contributed by atoms with Crippen molar-refractivity contribution in [1.82, 2.24) is 9.55 Å². The molecule has 0 fully saturated rings. The third-order valence-corrected chi connectivity index (χ3v) is 3.86. The molecule has 1 rings (SSSR count).